The van der Waals surface area contributed by atoms with E-state index < -0.39 is 54.1 Å². The van der Waals surface area contributed by atoms with Gasteiger partial charge >= 0.3 is 17.6 Å². The van der Waals surface area contributed by atoms with Crippen LogP contribution in [0.25, 0.3) is 0 Å². The molecule has 1 aliphatic heterocycles. The fourth-order valence-electron chi connectivity index (χ4n) is 2.42. The van der Waals surface area contributed by atoms with Crippen LogP contribution < -0.4 is 11.2 Å². The number of H-pyrrole nitrogens is 1. The van der Waals surface area contributed by atoms with Crippen LogP contribution >= 0.6 is 0 Å². The number of esters is 2. The smallest absolute Gasteiger partial charge is 0.330 e. The summed E-state index contributed by atoms with van der Waals surface area (Å²) in [5, 5.41) is 0. The molecule has 1 fully saturated rings. The van der Waals surface area contributed by atoms with Crippen molar-refractivity contribution in [2.45, 2.75) is 38.1 Å². The zero-order valence-electron chi connectivity index (χ0n) is 13.7. The number of alkyl halides is 1. The summed E-state index contributed by atoms with van der Waals surface area (Å²) < 4.78 is 36.0. The molecule has 2 rings (SSSR count). The maximum Gasteiger partial charge on any atom is 0.330 e. The molecule has 0 aromatic carbocycles. The van der Waals surface area contributed by atoms with Crippen molar-refractivity contribution in [3.63, 3.8) is 0 Å². The molecule has 0 spiro atoms. The second-order valence-corrected chi connectivity index (χ2v) is 5.30. The van der Waals surface area contributed by atoms with E-state index in [4.69, 9.17) is 18.9 Å². The first-order valence-electron chi connectivity index (χ1n) is 7.19. The van der Waals surface area contributed by atoms with Gasteiger partial charge in [-0.2, -0.15) is 0 Å². The van der Waals surface area contributed by atoms with Gasteiger partial charge in [0, 0.05) is 33.2 Å². The SMILES string of the molecule is CO[C@]1(COC(C)=O)O[C@@H](n2ccc(=O)[nH]c2=O)[C@H](OC(C)=O)[C@@H]1F. The minimum atomic E-state index is -2.09. The number of ether oxygens (including phenoxy) is 4. The number of hydrogen-bond acceptors (Lipinski definition) is 8. The Balaban J connectivity index is 2.45. The maximum absolute atomic E-state index is 15.0. The van der Waals surface area contributed by atoms with Crippen molar-refractivity contribution in [1.82, 2.24) is 9.55 Å². The van der Waals surface area contributed by atoms with Crippen molar-refractivity contribution >= 4 is 11.9 Å². The predicted molar refractivity (Wildman–Crippen MR) is 78.3 cm³/mol. The first-order chi connectivity index (χ1) is 11.7. The molecular formula is C14H17FN2O8. The molecule has 0 unspecified atom stereocenters. The normalized spacial score (nSPS) is 28.6. The van der Waals surface area contributed by atoms with Gasteiger partial charge in [0.1, 0.15) is 6.61 Å². The van der Waals surface area contributed by atoms with Crippen LogP contribution in [0.3, 0.4) is 0 Å². The lowest BCUT2D eigenvalue weighted by molar-refractivity contribution is -0.264. The summed E-state index contributed by atoms with van der Waals surface area (Å²) in [6, 6.07) is 1.02. The molecule has 1 saturated heterocycles. The lowest BCUT2D eigenvalue weighted by Gasteiger charge is -2.28. The standard InChI is InChI=1S/C14H17FN2O8/c1-7(18)23-6-14(22-3)11(15)10(24-8(2)19)12(25-14)17-5-4-9(20)16-13(17)21/h4-5,10-12H,6H2,1-3H3,(H,16,20,21)/t10-,11+,12-,14-/m1/s1. The Kier molecular flexibility index (Phi) is 5.38. The average molecular weight is 360 g/mol. The summed E-state index contributed by atoms with van der Waals surface area (Å²) in [7, 11) is 1.11. The van der Waals surface area contributed by atoms with Crippen LogP contribution in [-0.2, 0) is 28.5 Å². The number of nitrogens with one attached hydrogen (secondary N) is 1. The monoisotopic (exact) mass is 360 g/mol. The van der Waals surface area contributed by atoms with Crippen LogP contribution in [-0.4, -0.2) is 53.3 Å². The van der Waals surface area contributed by atoms with Crippen LogP contribution in [0.5, 0.6) is 0 Å². The molecule has 4 atom stereocenters. The van der Waals surface area contributed by atoms with Gasteiger partial charge in [-0.15, -0.1) is 0 Å². The van der Waals surface area contributed by atoms with E-state index in [1.165, 1.54) is 0 Å². The van der Waals surface area contributed by atoms with Crippen LogP contribution in [0.1, 0.15) is 20.1 Å². The fourth-order valence-corrected chi connectivity index (χ4v) is 2.42. The third-order valence-corrected chi connectivity index (χ3v) is 3.56. The largest absolute Gasteiger partial charge is 0.460 e. The number of carbonyl (C=O) groups is 2. The van der Waals surface area contributed by atoms with Crippen molar-refractivity contribution in [3.8, 4) is 0 Å². The minimum Gasteiger partial charge on any atom is -0.460 e. The molecule has 138 valence electrons. The van der Waals surface area contributed by atoms with Crippen LogP contribution in [0.2, 0.25) is 0 Å². The van der Waals surface area contributed by atoms with E-state index in [9.17, 15) is 23.6 Å². The molecule has 0 saturated carbocycles. The lowest BCUT2D eigenvalue weighted by atomic mass is 10.1. The molecule has 10 nitrogen and oxygen atoms in total. The Morgan fingerprint density at radius 3 is 2.56 bits per heavy atom. The van der Waals surface area contributed by atoms with E-state index >= 15 is 0 Å². The fraction of sp³-hybridized carbons (Fsp3) is 0.571. The Morgan fingerprint density at radius 2 is 2.04 bits per heavy atom. The van der Waals surface area contributed by atoms with E-state index in [1.54, 1.807) is 0 Å². The van der Waals surface area contributed by atoms with Crippen LogP contribution in [0, 0.1) is 0 Å². The van der Waals surface area contributed by atoms with Gasteiger partial charge in [-0.05, 0) is 0 Å². The molecule has 0 amide bonds. The number of aromatic nitrogens is 2. The lowest BCUT2D eigenvalue weighted by Crippen LogP contribution is -2.47. The highest BCUT2D eigenvalue weighted by molar-refractivity contribution is 5.66. The zero-order chi connectivity index (χ0) is 18.8. The van der Waals surface area contributed by atoms with Crippen molar-refractivity contribution in [1.29, 1.82) is 0 Å². The Bertz CT molecular complexity index is 775. The van der Waals surface area contributed by atoms with Gasteiger partial charge in [0.15, 0.2) is 18.5 Å². The van der Waals surface area contributed by atoms with Gasteiger partial charge in [0.25, 0.3) is 5.56 Å². The van der Waals surface area contributed by atoms with Gasteiger partial charge in [-0.25, -0.2) is 9.18 Å². The molecule has 1 aliphatic rings. The topological polar surface area (TPSA) is 126 Å². The predicted octanol–water partition coefficient (Wildman–Crippen LogP) is -0.759. The first kappa shape index (κ1) is 18.8. The quantitative estimate of drug-likeness (QED) is 0.679. The molecule has 1 aromatic rings. The van der Waals surface area contributed by atoms with Gasteiger partial charge in [-0.3, -0.25) is 23.9 Å². The number of carbonyl (C=O) groups excluding carboxylic acids is 2. The molecule has 1 aromatic heterocycles. The van der Waals surface area contributed by atoms with Gasteiger partial charge in [-0.1, -0.05) is 0 Å². The molecule has 25 heavy (non-hydrogen) atoms. The van der Waals surface area contributed by atoms with E-state index in [1.807, 2.05) is 4.98 Å². The number of rotatable bonds is 5. The third-order valence-electron chi connectivity index (χ3n) is 3.56. The summed E-state index contributed by atoms with van der Waals surface area (Å²) in [6.45, 7) is 1.53. The summed E-state index contributed by atoms with van der Waals surface area (Å²) in [6.07, 6.45) is -4.04. The minimum absolute atomic E-state index is 0.633. The molecular weight excluding hydrogens is 343 g/mol. The molecule has 2 heterocycles. The summed E-state index contributed by atoms with van der Waals surface area (Å²) in [5.41, 5.74) is -1.57. The van der Waals surface area contributed by atoms with Crippen molar-refractivity contribution in [2.24, 2.45) is 0 Å². The summed E-state index contributed by atoms with van der Waals surface area (Å²) in [4.78, 5) is 47.5. The molecule has 0 aliphatic carbocycles. The number of hydrogen-bond donors (Lipinski definition) is 1. The zero-order valence-corrected chi connectivity index (χ0v) is 13.7. The number of aromatic amines is 1. The summed E-state index contributed by atoms with van der Waals surface area (Å²) in [5.74, 6) is -3.62. The molecule has 0 radical (unpaired) electrons. The number of methoxy groups -OCH3 is 1. The number of nitrogens with zero attached hydrogens (tertiary/aromatic N) is 1. The first-order valence-corrected chi connectivity index (χ1v) is 7.19. The van der Waals surface area contributed by atoms with Crippen LogP contribution in [0.15, 0.2) is 21.9 Å². The van der Waals surface area contributed by atoms with Gasteiger partial charge in [0.2, 0.25) is 5.79 Å². The molecule has 0 bridgehead atoms. The maximum atomic E-state index is 15.0. The highest BCUT2D eigenvalue weighted by Crippen LogP contribution is 2.41. The van der Waals surface area contributed by atoms with Gasteiger partial charge < -0.3 is 18.9 Å². The number of halogens is 1. The highest BCUT2D eigenvalue weighted by Gasteiger charge is 2.60. The van der Waals surface area contributed by atoms with Gasteiger partial charge in [0.05, 0.1) is 0 Å². The Morgan fingerprint density at radius 1 is 1.36 bits per heavy atom. The van der Waals surface area contributed by atoms with Crippen molar-refractivity contribution in [2.75, 3.05) is 13.7 Å². The van der Waals surface area contributed by atoms with Crippen LogP contribution in [0.4, 0.5) is 4.39 Å². The van der Waals surface area contributed by atoms with E-state index in [0.29, 0.717) is 0 Å². The molecule has 1 N–H and O–H groups in total. The Hall–Kier alpha value is -2.53. The van der Waals surface area contributed by atoms with Crippen molar-refractivity contribution < 1.29 is 32.9 Å². The highest BCUT2D eigenvalue weighted by atomic mass is 19.1. The second-order valence-electron chi connectivity index (χ2n) is 5.30. The van der Waals surface area contributed by atoms with Crippen molar-refractivity contribution in [3.05, 3.63) is 33.1 Å². The summed E-state index contributed by atoms with van der Waals surface area (Å²) >= 11 is 0. The second kappa shape index (κ2) is 7.15. The Labute approximate surface area is 140 Å². The van der Waals surface area contributed by atoms with E-state index in [2.05, 4.69) is 0 Å². The molecule has 11 heteroatoms. The third kappa shape index (κ3) is 3.77. The average Bonchev–Trinajstić information content (AvgIpc) is 2.79. The van der Waals surface area contributed by atoms with E-state index in [-0.39, 0.29) is 0 Å². The van der Waals surface area contributed by atoms with E-state index in [0.717, 1.165) is 37.8 Å².